The van der Waals surface area contributed by atoms with Crippen molar-refractivity contribution in [2.75, 3.05) is 0 Å². The van der Waals surface area contributed by atoms with Gasteiger partial charge >= 0.3 is 0 Å². The molecule has 0 fully saturated rings. The summed E-state index contributed by atoms with van der Waals surface area (Å²) in [6.07, 6.45) is 6.00. The Kier molecular flexibility index (Phi) is 6.90. The van der Waals surface area contributed by atoms with Gasteiger partial charge in [-0.1, -0.05) is 49.1 Å². The molecule has 2 aliphatic heterocycles. The van der Waals surface area contributed by atoms with E-state index in [0.717, 1.165) is 44.5 Å². The fourth-order valence-electron chi connectivity index (χ4n) is 7.00. The van der Waals surface area contributed by atoms with Crippen LogP contribution in [-0.4, -0.2) is 20.4 Å². The van der Waals surface area contributed by atoms with Crippen LogP contribution in [0, 0.1) is 0 Å². The lowest BCUT2D eigenvalue weighted by Gasteiger charge is -2.38. The minimum absolute atomic E-state index is 0.125. The first-order chi connectivity index (χ1) is 22.5. The number of ether oxygens (including phenoxy) is 2. The molecule has 47 heavy (non-hydrogen) atoms. The van der Waals surface area contributed by atoms with Crippen LogP contribution in [0.5, 0.6) is 46.0 Å². The van der Waals surface area contributed by atoms with Crippen molar-refractivity contribution in [2.45, 2.75) is 31.6 Å². The minimum atomic E-state index is -0.745. The van der Waals surface area contributed by atoms with Crippen LogP contribution in [0.4, 0.5) is 0 Å². The van der Waals surface area contributed by atoms with Gasteiger partial charge in [-0.05, 0) is 116 Å². The van der Waals surface area contributed by atoms with Crippen LogP contribution >= 0.6 is 0 Å². The molecule has 0 saturated carbocycles. The molecule has 4 N–H and O–H groups in total. The number of hydrogen-bond acceptors (Lipinski definition) is 6. The predicted octanol–water partition coefficient (Wildman–Crippen LogP) is 9.60. The molecule has 6 nitrogen and oxygen atoms in total. The fraction of sp³-hybridized carbons (Fsp3) is 0.122. The highest BCUT2D eigenvalue weighted by Crippen LogP contribution is 2.55. The van der Waals surface area contributed by atoms with E-state index in [1.54, 1.807) is 72.8 Å². The van der Waals surface area contributed by atoms with Crippen molar-refractivity contribution < 1.29 is 29.9 Å². The lowest BCUT2D eigenvalue weighted by atomic mass is 9.68. The first kappa shape index (κ1) is 29.8. The third kappa shape index (κ3) is 4.72. The maximum absolute atomic E-state index is 10.4. The smallest absolute Gasteiger partial charge is 0.132 e. The highest BCUT2D eigenvalue weighted by atomic mass is 16.5. The summed E-state index contributed by atoms with van der Waals surface area (Å²) in [5.74, 6) is 3.07. The SMILES string of the molecule is C=C(/C=C\C(=C/C)C1(C)c2cc(O)ccc2Oc2ccc(O)cc21)c1ccc(C2(C)c3cc(O)ccc3Oc3ccc(O)cc32)cc1. The molecule has 0 aromatic heterocycles. The second-order valence-corrected chi connectivity index (χ2v) is 12.4. The average Bonchev–Trinajstić information content (AvgIpc) is 3.06. The van der Waals surface area contributed by atoms with Crippen molar-refractivity contribution in [3.05, 3.63) is 161 Å². The normalized spacial score (nSPS) is 15.4. The van der Waals surface area contributed by atoms with Gasteiger partial charge < -0.3 is 29.9 Å². The van der Waals surface area contributed by atoms with Crippen LogP contribution in [0.15, 0.2) is 127 Å². The number of phenolic OH excluding ortho intramolecular Hbond substituents is 4. The Hall–Kier alpha value is -5.88. The number of fused-ring (bicyclic) bond motifs is 4. The third-order valence-electron chi connectivity index (χ3n) is 9.63. The van der Waals surface area contributed by atoms with Crippen molar-refractivity contribution in [1.29, 1.82) is 0 Å². The van der Waals surface area contributed by atoms with E-state index in [1.165, 1.54) is 0 Å². The van der Waals surface area contributed by atoms with Crippen molar-refractivity contribution in [3.63, 3.8) is 0 Å². The van der Waals surface area contributed by atoms with Crippen molar-refractivity contribution in [2.24, 2.45) is 0 Å². The number of phenols is 4. The van der Waals surface area contributed by atoms with Crippen LogP contribution in [-0.2, 0) is 10.8 Å². The molecule has 6 heteroatoms. The summed E-state index contributed by atoms with van der Waals surface area (Å²) in [7, 11) is 0. The molecule has 0 bridgehead atoms. The van der Waals surface area contributed by atoms with Gasteiger partial charge in [0.05, 0.1) is 0 Å². The number of rotatable bonds is 5. The van der Waals surface area contributed by atoms with E-state index in [2.05, 4.69) is 20.4 Å². The van der Waals surface area contributed by atoms with Gasteiger partial charge in [0.1, 0.15) is 46.0 Å². The first-order valence-corrected chi connectivity index (χ1v) is 15.4. The molecule has 234 valence electrons. The lowest BCUT2D eigenvalue weighted by molar-refractivity contribution is 0.414. The van der Waals surface area contributed by atoms with Gasteiger partial charge in [-0.15, -0.1) is 0 Å². The maximum Gasteiger partial charge on any atom is 0.132 e. The summed E-state index contributed by atoms with van der Waals surface area (Å²) >= 11 is 0. The lowest BCUT2D eigenvalue weighted by Crippen LogP contribution is -2.29. The molecule has 2 heterocycles. The van der Waals surface area contributed by atoms with Gasteiger partial charge in [-0.25, -0.2) is 0 Å². The zero-order chi connectivity index (χ0) is 33.1. The zero-order valence-electron chi connectivity index (χ0n) is 26.3. The monoisotopic (exact) mass is 622 g/mol. The van der Waals surface area contributed by atoms with Crippen LogP contribution in [0.2, 0.25) is 0 Å². The Morgan fingerprint density at radius 2 is 0.979 bits per heavy atom. The van der Waals surface area contributed by atoms with Gasteiger partial charge in [0.2, 0.25) is 0 Å². The molecule has 5 aromatic carbocycles. The van der Waals surface area contributed by atoms with Gasteiger partial charge in [0.25, 0.3) is 0 Å². The Bertz CT molecular complexity index is 2030. The molecular formula is C41H34O6. The number of allylic oxidation sites excluding steroid dienone is 5. The van der Waals surface area contributed by atoms with Crippen LogP contribution < -0.4 is 9.47 Å². The Morgan fingerprint density at radius 1 is 0.574 bits per heavy atom. The predicted molar refractivity (Wildman–Crippen MR) is 183 cm³/mol. The Balaban J connectivity index is 1.24. The van der Waals surface area contributed by atoms with E-state index in [0.29, 0.717) is 23.0 Å². The minimum Gasteiger partial charge on any atom is -0.508 e. The highest BCUT2D eigenvalue weighted by Gasteiger charge is 2.42. The van der Waals surface area contributed by atoms with Crippen molar-refractivity contribution in [1.82, 2.24) is 0 Å². The number of aromatic hydroxyl groups is 4. The molecule has 5 aromatic rings. The average molecular weight is 623 g/mol. The second-order valence-electron chi connectivity index (χ2n) is 12.4. The summed E-state index contributed by atoms with van der Waals surface area (Å²) in [6.45, 7) is 10.4. The standard InChI is InChI=1S/C41H34O6/c1-5-26(40(3)32-20-28(42)12-16-36(32)46-37-17-13-29(43)21-33(37)40)9-6-24(2)25-7-10-27(11-8-25)41(4)34-22-30(44)14-18-38(34)47-39-19-15-31(45)23-35(39)41/h5-23,42-45H,2H2,1,3-4H3/b9-6-,26-5+. The second kappa shape index (κ2) is 10.9. The van der Waals surface area contributed by atoms with E-state index < -0.39 is 10.8 Å². The number of benzene rings is 5. The molecule has 0 aliphatic carbocycles. The molecule has 0 atom stereocenters. The summed E-state index contributed by atoms with van der Waals surface area (Å²) in [6, 6.07) is 28.4. The first-order valence-electron chi connectivity index (χ1n) is 15.4. The molecule has 2 aliphatic rings. The van der Waals surface area contributed by atoms with E-state index >= 15 is 0 Å². The summed E-state index contributed by atoms with van der Waals surface area (Å²) in [5, 5.41) is 41.6. The van der Waals surface area contributed by atoms with Crippen molar-refractivity contribution >= 4 is 5.57 Å². The molecule has 0 amide bonds. The van der Waals surface area contributed by atoms with Gasteiger partial charge in [0.15, 0.2) is 0 Å². The Labute approximate surface area is 273 Å². The van der Waals surface area contributed by atoms with Gasteiger partial charge in [0, 0.05) is 33.1 Å². The van der Waals surface area contributed by atoms with E-state index in [4.69, 9.17) is 9.47 Å². The molecular weight excluding hydrogens is 588 g/mol. The number of hydrogen-bond donors (Lipinski definition) is 4. The molecule has 0 unspecified atom stereocenters. The van der Waals surface area contributed by atoms with E-state index in [1.807, 2.05) is 49.4 Å². The largest absolute Gasteiger partial charge is 0.508 e. The van der Waals surface area contributed by atoms with Crippen LogP contribution in [0.25, 0.3) is 5.57 Å². The van der Waals surface area contributed by atoms with Crippen LogP contribution in [0.1, 0.15) is 54.2 Å². The van der Waals surface area contributed by atoms with E-state index in [9.17, 15) is 20.4 Å². The zero-order valence-corrected chi connectivity index (χ0v) is 26.3. The summed E-state index contributed by atoms with van der Waals surface area (Å²) in [4.78, 5) is 0. The van der Waals surface area contributed by atoms with Gasteiger partial charge in [-0.3, -0.25) is 0 Å². The van der Waals surface area contributed by atoms with Crippen LogP contribution in [0.3, 0.4) is 0 Å². The molecule has 0 radical (unpaired) electrons. The third-order valence-corrected chi connectivity index (χ3v) is 9.63. The molecule has 7 rings (SSSR count). The van der Waals surface area contributed by atoms with Gasteiger partial charge in [-0.2, -0.15) is 0 Å². The highest BCUT2D eigenvalue weighted by molar-refractivity contribution is 5.75. The summed E-state index contributed by atoms with van der Waals surface area (Å²) < 4.78 is 12.3. The van der Waals surface area contributed by atoms with E-state index in [-0.39, 0.29) is 23.0 Å². The summed E-state index contributed by atoms with van der Waals surface area (Å²) in [5.41, 5.74) is 5.27. The molecule has 0 saturated heterocycles. The molecule has 0 spiro atoms. The topological polar surface area (TPSA) is 99.4 Å². The maximum atomic E-state index is 10.4. The quantitative estimate of drug-likeness (QED) is 0.146. The fourth-order valence-corrected chi connectivity index (χ4v) is 7.00. The van der Waals surface area contributed by atoms with Crippen molar-refractivity contribution in [3.8, 4) is 46.0 Å². The Morgan fingerprint density at radius 3 is 1.40 bits per heavy atom.